The normalized spacial score (nSPS) is 25.5. The van der Waals surface area contributed by atoms with Gasteiger partial charge in [0.05, 0.1) is 27.6 Å². The number of sulfone groups is 1. The molecule has 9 heteroatoms. The van der Waals surface area contributed by atoms with E-state index in [1.807, 2.05) is 12.1 Å². The summed E-state index contributed by atoms with van der Waals surface area (Å²) in [5, 5.41) is 4.11. The predicted octanol–water partition coefficient (Wildman–Crippen LogP) is 1.04. The van der Waals surface area contributed by atoms with Crippen molar-refractivity contribution in [1.29, 1.82) is 0 Å². The van der Waals surface area contributed by atoms with Gasteiger partial charge in [-0.05, 0) is 30.9 Å². The molecular formula is C17H18N2O5S2. The number of rotatable bonds is 3. The fourth-order valence-corrected chi connectivity index (χ4v) is 7.50. The van der Waals surface area contributed by atoms with Crippen LogP contribution in [0.15, 0.2) is 41.3 Å². The monoisotopic (exact) mass is 394 g/mol. The van der Waals surface area contributed by atoms with Crippen LogP contribution in [0, 0.1) is 0 Å². The highest BCUT2D eigenvalue weighted by Gasteiger charge is 2.41. The van der Waals surface area contributed by atoms with Crippen molar-refractivity contribution in [2.24, 2.45) is 0 Å². The van der Waals surface area contributed by atoms with E-state index in [4.69, 9.17) is 0 Å². The van der Waals surface area contributed by atoms with E-state index in [1.165, 1.54) is 6.07 Å². The van der Waals surface area contributed by atoms with Crippen LogP contribution in [0.5, 0.6) is 0 Å². The van der Waals surface area contributed by atoms with E-state index in [0.717, 1.165) is 9.69 Å². The van der Waals surface area contributed by atoms with Gasteiger partial charge >= 0.3 is 0 Å². The van der Waals surface area contributed by atoms with Gasteiger partial charge in [0.2, 0.25) is 5.91 Å². The highest BCUT2D eigenvalue weighted by molar-refractivity contribution is 7.93. The molecule has 0 aliphatic carbocycles. The molecule has 0 spiro atoms. The molecule has 0 bridgehead atoms. The maximum absolute atomic E-state index is 12.9. The molecule has 4 rings (SSSR count). The van der Waals surface area contributed by atoms with E-state index >= 15 is 0 Å². The fourth-order valence-electron chi connectivity index (χ4n) is 3.74. The lowest BCUT2D eigenvalue weighted by atomic mass is 10.0. The quantitative estimate of drug-likeness (QED) is 0.838. The molecule has 2 aromatic carbocycles. The molecule has 1 saturated heterocycles. The molecule has 2 aromatic rings. The van der Waals surface area contributed by atoms with E-state index in [9.17, 15) is 21.6 Å². The number of sulfonamides is 1. The first-order chi connectivity index (χ1) is 12.1. The van der Waals surface area contributed by atoms with Gasteiger partial charge in [0.15, 0.2) is 9.84 Å². The van der Waals surface area contributed by atoms with Crippen LogP contribution in [0.25, 0.3) is 10.8 Å². The fraction of sp³-hybridized carbons (Fsp3) is 0.353. The Labute approximate surface area is 152 Å². The zero-order valence-corrected chi connectivity index (χ0v) is 15.7. The van der Waals surface area contributed by atoms with Crippen molar-refractivity contribution in [3.8, 4) is 0 Å². The van der Waals surface area contributed by atoms with Gasteiger partial charge in [-0.2, -0.15) is 0 Å². The van der Waals surface area contributed by atoms with Gasteiger partial charge in [0.25, 0.3) is 10.0 Å². The van der Waals surface area contributed by atoms with E-state index in [2.05, 4.69) is 5.32 Å². The van der Waals surface area contributed by atoms with Crippen molar-refractivity contribution in [1.82, 2.24) is 5.32 Å². The second-order valence-electron chi connectivity index (χ2n) is 7.09. The van der Waals surface area contributed by atoms with Crippen LogP contribution >= 0.6 is 0 Å². The van der Waals surface area contributed by atoms with Gasteiger partial charge in [-0.1, -0.05) is 24.3 Å². The zero-order valence-electron chi connectivity index (χ0n) is 14.1. The van der Waals surface area contributed by atoms with Gasteiger partial charge in [-0.15, -0.1) is 0 Å². The van der Waals surface area contributed by atoms with Crippen molar-refractivity contribution in [3.63, 3.8) is 0 Å². The Hall–Kier alpha value is -2.13. The predicted molar refractivity (Wildman–Crippen MR) is 98.3 cm³/mol. The van der Waals surface area contributed by atoms with Crippen LogP contribution in [-0.4, -0.2) is 46.3 Å². The molecule has 26 heavy (non-hydrogen) atoms. The summed E-state index contributed by atoms with van der Waals surface area (Å²) >= 11 is 0. The molecular weight excluding hydrogens is 376 g/mol. The first-order valence-corrected chi connectivity index (χ1v) is 11.4. The molecule has 0 saturated carbocycles. The van der Waals surface area contributed by atoms with Crippen molar-refractivity contribution in [2.75, 3.05) is 22.4 Å². The molecule has 1 atom stereocenters. The lowest BCUT2D eigenvalue weighted by molar-refractivity contribution is -0.121. The molecule has 1 fully saturated rings. The first-order valence-electron chi connectivity index (χ1n) is 8.17. The summed E-state index contributed by atoms with van der Waals surface area (Å²) in [5.74, 6) is -0.622. The van der Waals surface area contributed by atoms with Crippen LogP contribution < -0.4 is 9.62 Å². The van der Waals surface area contributed by atoms with Gasteiger partial charge < -0.3 is 5.32 Å². The zero-order chi connectivity index (χ0) is 18.7. The number of anilines is 1. The molecule has 2 heterocycles. The molecule has 138 valence electrons. The number of carbonyl (C=O) groups excluding carboxylic acids is 1. The van der Waals surface area contributed by atoms with Crippen molar-refractivity contribution >= 4 is 42.2 Å². The second kappa shape index (κ2) is 5.43. The Kier molecular flexibility index (Phi) is 3.61. The Morgan fingerprint density at radius 1 is 1.15 bits per heavy atom. The molecule has 0 unspecified atom stereocenters. The second-order valence-corrected chi connectivity index (χ2v) is 11.1. The molecule has 1 N–H and O–H groups in total. The maximum atomic E-state index is 12.9. The number of nitrogens with zero attached hydrogens (tertiary/aromatic N) is 1. The van der Waals surface area contributed by atoms with E-state index in [-0.39, 0.29) is 22.9 Å². The Balaban J connectivity index is 1.64. The third-order valence-electron chi connectivity index (χ3n) is 4.91. The summed E-state index contributed by atoms with van der Waals surface area (Å²) in [6, 6.07) is 10.3. The van der Waals surface area contributed by atoms with Gasteiger partial charge in [-0.3, -0.25) is 9.10 Å². The van der Waals surface area contributed by atoms with Crippen molar-refractivity contribution in [3.05, 3.63) is 36.4 Å². The van der Waals surface area contributed by atoms with Crippen LogP contribution in [0.3, 0.4) is 0 Å². The van der Waals surface area contributed by atoms with Crippen LogP contribution in [0.4, 0.5) is 5.69 Å². The third kappa shape index (κ3) is 2.66. The number of hydrogen-bond acceptors (Lipinski definition) is 5. The summed E-state index contributed by atoms with van der Waals surface area (Å²) in [5.41, 5.74) is -0.393. The summed E-state index contributed by atoms with van der Waals surface area (Å²) in [4.78, 5) is 12.7. The van der Waals surface area contributed by atoms with Crippen molar-refractivity contribution < 1.29 is 21.6 Å². The highest BCUT2D eigenvalue weighted by atomic mass is 32.2. The number of nitrogens with one attached hydrogen (secondary N) is 1. The van der Waals surface area contributed by atoms with Gasteiger partial charge in [-0.25, -0.2) is 16.8 Å². The third-order valence-corrected chi connectivity index (χ3v) is 8.62. The minimum atomic E-state index is -3.82. The molecule has 2 aliphatic heterocycles. The number of carbonyl (C=O) groups is 1. The minimum Gasteiger partial charge on any atom is -0.348 e. The van der Waals surface area contributed by atoms with E-state index < -0.39 is 31.3 Å². The average Bonchev–Trinajstić information content (AvgIpc) is 2.94. The number of amides is 1. The highest BCUT2D eigenvalue weighted by Crippen LogP contribution is 2.41. The SMILES string of the molecule is C[C@@]1(NC(=O)CN2c3cccc4cccc(c34)S2(=O)=O)CCS(=O)(=O)C1. The summed E-state index contributed by atoms with van der Waals surface area (Å²) < 4.78 is 50.2. The topological polar surface area (TPSA) is 101 Å². The Bertz CT molecular complexity index is 1140. The summed E-state index contributed by atoms with van der Waals surface area (Å²) in [6.07, 6.45) is 0.323. The van der Waals surface area contributed by atoms with Gasteiger partial charge in [0, 0.05) is 5.39 Å². The lowest BCUT2D eigenvalue weighted by Gasteiger charge is -2.26. The van der Waals surface area contributed by atoms with E-state index in [0.29, 0.717) is 17.5 Å². The van der Waals surface area contributed by atoms with Crippen LogP contribution in [-0.2, 0) is 24.7 Å². The number of hydrogen-bond donors (Lipinski definition) is 1. The van der Waals surface area contributed by atoms with Crippen LogP contribution in [0.1, 0.15) is 13.3 Å². The smallest absolute Gasteiger partial charge is 0.265 e. The standard InChI is InChI=1S/C17H18N2O5S2/c1-17(8-9-25(21,22)11-17)18-15(20)10-19-13-6-2-4-12-5-3-7-14(16(12)13)26(19,23)24/h2-7H,8-11H2,1H3,(H,18,20)/t17-/m1/s1. The molecule has 1 amide bonds. The lowest BCUT2D eigenvalue weighted by Crippen LogP contribution is -2.50. The Morgan fingerprint density at radius 3 is 2.50 bits per heavy atom. The molecule has 0 radical (unpaired) electrons. The largest absolute Gasteiger partial charge is 0.348 e. The van der Waals surface area contributed by atoms with Gasteiger partial charge in [0.1, 0.15) is 6.54 Å². The maximum Gasteiger partial charge on any atom is 0.265 e. The minimum absolute atomic E-state index is 0.0243. The van der Waals surface area contributed by atoms with Crippen molar-refractivity contribution in [2.45, 2.75) is 23.8 Å². The van der Waals surface area contributed by atoms with E-state index in [1.54, 1.807) is 25.1 Å². The Morgan fingerprint density at radius 2 is 1.85 bits per heavy atom. The molecule has 2 aliphatic rings. The molecule has 7 nitrogen and oxygen atoms in total. The summed E-state index contributed by atoms with van der Waals surface area (Å²) in [6.45, 7) is 1.29. The van der Waals surface area contributed by atoms with Crippen LogP contribution in [0.2, 0.25) is 0 Å². The number of benzene rings is 2. The average molecular weight is 394 g/mol. The molecule has 0 aromatic heterocycles. The first kappa shape index (κ1) is 17.3. The summed E-state index contributed by atoms with van der Waals surface area (Å²) in [7, 11) is -6.99.